The maximum atomic E-state index is 13.0. The number of para-hydroxylation sites is 1. The van der Waals surface area contributed by atoms with Crippen molar-refractivity contribution < 1.29 is 9.18 Å². The Bertz CT molecular complexity index is 616. The Hall–Kier alpha value is -2.07. The average Bonchev–Trinajstić information content (AvgIpc) is 2.37. The Morgan fingerprint density at radius 1 is 1.16 bits per heavy atom. The topological polar surface area (TPSA) is 41.1 Å². The normalized spacial score (nSPS) is 10.1. The van der Waals surface area contributed by atoms with Gasteiger partial charge in [0.25, 0.3) is 0 Å². The van der Waals surface area contributed by atoms with Crippen LogP contribution in [0, 0.1) is 12.7 Å². The zero-order valence-corrected chi connectivity index (χ0v) is 11.0. The molecule has 2 amide bonds. The van der Waals surface area contributed by atoms with Crippen molar-refractivity contribution >= 4 is 29.0 Å². The van der Waals surface area contributed by atoms with Gasteiger partial charge in [0.05, 0.1) is 5.02 Å². The molecule has 5 heteroatoms. The van der Waals surface area contributed by atoms with Crippen LogP contribution in [0.1, 0.15) is 5.56 Å². The summed E-state index contributed by atoms with van der Waals surface area (Å²) in [6, 6.07) is 11.0. The van der Waals surface area contributed by atoms with Gasteiger partial charge in [-0.3, -0.25) is 0 Å². The number of anilines is 2. The molecule has 2 aromatic carbocycles. The van der Waals surface area contributed by atoms with E-state index in [1.807, 2.05) is 25.1 Å². The monoisotopic (exact) mass is 278 g/mol. The molecule has 0 saturated heterocycles. The van der Waals surface area contributed by atoms with Crippen molar-refractivity contribution in [1.29, 1.82) is 0 Å². The summed E-state index contributed by atoms with van der Waals surface area (Å²) in [5, 5.41) is 5.26. The number of aryl methyl sites for hydroxylation is 1. The van der Waals surface area contributed by atoms with Crippen LogP contribution in [0.4, 0.5) is 20.6 Å². The molecule has 0 aromatic heterocycles. The number of urea groups is 1. The smallest absolute Gasteiger partial charge is 0.308 e. The molecule has 0 radical (unpaired) electrons. The SMILES string of the molecule is Cc1ccccc1NC(=O)Nc1ccc(F)c(Cl)c1. The molecule has 3 nitrogen and oxygen atoms in total. The minimum Gasteiger partial charge on any atom is -0.308 e. The Morgan fingerprint density at radius 3 is 2.58 bits per heavy atom. The number of rotatable bonds is 2. The van der Waals surface area contributed by atoms with Crippen molar-refractivity contribution in [2.45, 2.75) is 6.92 Å². The van der Waals surface area contributed by atoms with Crippen molar-refractivity contribution in [2.24, 2.45) is 0 Å². The van der Waals surface area contributed by atoms with Crippen molar-refractivity contribution in [3.8, 4) is 0 Å². The Labute approximate surface area is 115 Å². The van der Waals surface area contributed by atoms with Crippen molar-refractivity contribution in [2.75, 3.05) is 10.6 Å². The van der Waals surface area contributed by atoms with Crippen LogP contribution in [0.15, 0.2) is 42.5 Å². The van der Waals surface area contributed by atoms with Crippen LogP contribution in [0.2, 0.25) is 5.02 Å². The molecule has 2 N–H and O–H groups in total. The van der Waals surface area contributed by atoms with Gasteiger partial charge >= 0.3 is 6.03 Å². The van der Waals surface area contributed by atoms with Crippen molar-refractivity contribution in [1.82, 2.24) is 0 Å². The lowest BCUT2D eigenvalue weighted by molar-refractivity contribution is 0.262. The van der Waals surface area contributed by atoms with Gasteiger partial charge in [-0.1, -0.05) is 29.8 Å². The second-order valence-electron chi connectivity index (χ2n) is 4.02. The van der Waals surface area contributed by atoms with Gasteiger partial charge in [0.15, 0.2) is 0 Å². The predicted octanol–water partition coefficient (Wildman–Crippen LogP) is 4.43. The molecule has 2 rings (SSSR count). The summed E-state index contributed by atoms with van der Waals surface area (Å²) >= 11 is 5.64. The summed E-state index contributed by atoms with van der Waals surface area (Å²) in [4.78, 5) is 11.8. The highest BCUT2D eigenvalue weighted by molar-refractivity contribution is 6.31. The molecule has 0 aliphatic carbocycles. The maximum Gasteiger partial charge on any atom is 0.323 e. The molecule has 98 valence electrons. The standard InChI is InChI=1S/C14H12ClFN2O/c1-9-4-2-3-5-13(9)18-14(19)17-10-6-7-12(16)11(15)8-10/h2-8H,1H3,(H2,17,18,19). The molecule has 0 unspecified atom stereocenters. The summed E-state index contributed by atoms with van der Waals surface area (Å²) in [5.41, 5.74) is 2.10. The molecule has 0 spiro atoms. The molecule has 0 atom stereocenters. The van der Waals surface area contributed by atoms with Gasteiger partial charge in [0, 0.05) is 11.4 Å². The van der Waals surface area contributed by atoms with Gasteiger partial charge in [-0.25, -0.2) is 9.18 Å². The largest absolute Gasteiger partial charge is 0.323 e. The summed E-state index contributed by atoms with van der Waals surface area (Å²) in [6.07, 6.45) is 0. The van der Waals surface area contributed by atoms with Gasteiger partial charge in [-0.15, -0.1) is 0 Å². The summed E-state index contributed by atoms with van der Waals surface area (Å²) in [5.74, 6) is -0.522. The number of hydrogen-bond acceptors (Lipinski definition) is 1. The number of halogens is 2. The first kappa shape index (κ1) is 13.4. The Balaban J connectivity index is 2.05. The molecular formula is C14H12ClFN2O. The van der Waals surface area contributed by atoms with Crippen LogP contribution in [0.5, 0.6) is 0 Å². The third-order valence-electron chi connectivity index (χ3n) is 2.57. The highest BCUT2D eigenvalue weighted by Gasteiger charge is 2.06. The first-order valence-corrected chi connectivity index (χ1v) is 6.03. The average molecular weight is 279 g/mol. The minimum absolute atomic E-state index is 0.0336. The van der Waals surface area contributed by atoms with Crippen LogP contribution in [-0.2, 0) is 0 Å². The van der Waals surface area contributed by atoms with Crippen molar-refractivity contribution in [3.63, 3.8) is 0 Å². The lowest BCUT2D eigenvalue weighted by Crippen LogP contribution is -2.19. The molecule has 0 saturated carbocycles. The van der Waals surface area contributed by atoms with Crippen LogP contribution < -0.4 is 10.6 Å². The second kappa shape index (κ2) is 5.71. The van der Waals surface area contributed by atoms with Crippen LogP contribution >= 0.6 is 11.6 Å². The minimum atomic E-state index is -0.522. The van der Waals surface area contributed by atoms with E-state index in [0.29, 0.717) is 11.4 Å². The van der Waals surface area contributed by atoms with Crippen molar-refractivity contribution in [3.05, 3.63) is 58.9 Å². The van der Waals surface area contributed by atoms with E-state index in [1.165, 1.54) is 18.2 Å². The van der Waals surface area contributed by atoms with E-state index in [0.717, 1.165) is 5.56 Å². The molecule has 0 bridgehead atoms. The van der Waals surface area contributed by atoms with E-state index in [9.17, 15) is 9.18 Å². The number of carbonyl (C=O) groups is 1. The summed E-state index contributed by atoms with van der Waals surface area (Å²) in [6.45, 7) is 1.89. The van der Waals surface area contributed by atoms with E-state index in [1.54, 1.807) is 6.07 Å². The van der Waals surface area contributed by atoms with Gasteiger partial charge in [0.1, 0.15) is 5.82 Å². The highest BCUT2D eigenvalue weighted by atomic mass is 35.5. The summed E-state index contributed by atoms with van der Waals surface area (Å²) < 4.78 is 13.0. The van der Waals surface area contributed by atoms with Gasteiger partial charge < -0.3 is 10.6 Å². The van der Waals surface area contributed by atoms with Crippen LogP contribution in [-0.4, -0.2) is 6.03 Å². The van der Waals surface area contributed by atoms with Gasteiger partial charge in [-0.2, -0.15) is 0 Å². The zero-order chi connectivity index (χ0) is 13.8. The number of nitrogens with one attached hydrogen (secondary N) is 2. The van der Waals surface area contributed by atoms with E-state index in [2.05, 4.69) is 10.6 Å². The first-order chi connectivity index (χ1) is 9.06. The van der Waals surface area contributed by atoms with Crippen LogP contribution in [0.25, 0.3) is 0 Å². The number of carbonyl (C=O) groups excluding carboxylic acids is 1. The fourth-order valence-electron chi connectivity index (χ4n) is 1.57. The molecular weight excluding hydrogens is 267 g/mol. The molecule has 0 fully saturated rings. The Kier molecular flexibility index (Phi) is 4.02. The molecule has 0 heterocycles. The third kappa shape index (κ3) is 3.45. The van der Waals surface area contributed by atoms with E-state index >= 15 is 0 Å². The lowest BCUT2D eigenvalue weighted by Gasteiger charge is -2.10. The molecule has 2 aromatic rings. The maximum absolute atomic E-state index is 13.0. The van der Waals surface area contributed by atoms with Gasteiger partial charge in [0.2, 0.25) is 0 Å². The molecule has 0 aliphatic heterocycles. The molecule has 19 heavy (non-hydrogen) atoms. The molecule has 0 aliphatic rings. The number of amides is 2. The van der Waals surface area contributed by atoms with Crippen LogP contribution in [0.3, 0.4) is 0 Å². The first-order valence-electron chi connectivity index (χ1n) is 5.65. The van der Waals surface area contributed by atoms with E-state index < -0.39 is 11.8 Å². The second-order valence-corrected chi connectivity index (χ2v) is 4.43. The van der Waals surface area contributed by atoms with Gasteiger partial charge in [-0.05, 0) is 36.8 Å². The predicted molar refractivity (Wildman–Crippen MR) is 75.2 cm³/mol. The zero-order valence-electron chi connectivity index (χ0n) is 10.2. The number of hydrogen-bond donors (Lipinski definition) is 2. The Morgan fingerprint density at radius 2 is 1.89 bits per heavy atom. The fraction of sp³-hybridized carbons (Fsp3) is 0.0714. The highest BCUT2D eigenvalue weighted by Crippen LogP contribution is 2.20. The van der Waals surface area contributed by atoms with E-state index in [-0.39, 0.29) is 5.02 Å². The quantitative estimate of drug-likeness (QED) is 0.838. The summed E-state index contributed by atoms with van der Waals surface area (Å²) in [7, 11) is 0. The number of benzene rings is 2. The van der Waals surface area contributed by atoms with E-state index in [4.69, 9.17) is 11.6 Å². The fourth-order valence-corrected chi connectivity index (χ4v) is 1.75. The lowest BCUT2D eigenvalue weighted by atomic mass is 10.2. The third-order valence-corrected chi connectivity index (χ3v) is 2.86.